The van der Waals surface area contributed by atoms with E-state index in [1.165, 1.54) is 0 Å². The first kappa shape index (κ1) is 19.2. The lowest BCUT2D eigenvalue weighted by Gasteiger charge is -2.32. The van der Waals surface area contributed by atoms with E-state index in [2.05, 4.69) is 31.4 Å². The van der Waals surface area contributed by atoms with E-state index in [1.54, 1.807) is 0 Å². The van der Waals surface area contributed by atoms with E-state index in [4.69, 9.17) is 9.47 Å². The van der Waals surface area contributed by atoms with Crippen LogP contribution in [-0.4, -0.2) is 43.0 Å². The molecule has 0 aromatic heterocycles. The molecule has 1 saturated heterocycles. The summed E-state index contributed by atoms with van der Waals surface area (Å²) in [7, 11) is 0. The second-order valence-electron chi connectivity index (χ2n) is 7.53. The smallest absolute Gasteiger partial charge is 0.407 e. The first-order chi connectivity index (χ1) is 10.2. The van der Waals surface area contributed by atoms with Gasteiger partial charge in [-0.05, 0) is 46.0 Å². The lowest BCUT2D eigenvalue weighted by atomic mass is 9.99. The molecule has 0 radical (unpaired) electrons. The van der Waals surface area contributed by atoms with Crippen molar-refractivity contribution in [2.45, 2.75) is 84.6 Å². The Hall–Kier alpha value is -0.810. The Morgan fingerprint density at radius 2 is 2.05 bits per heavy atom. The van der Waals surface area contributed by atoms with Crippen molar-refractivity contribution >= 4 is 6.09 Å². The topological polar surface area (TPSA) is 59.6 Å². The van der Waals surface area contributed by atoms with Crippen LogP contribution < -0.4 is 10.6 Å². The van der Waals surface area contributed by atoms with E-state index >= 15 is 0 Å². The standard InChI is InChI=1S/C17H34N2O3/c1-7-14-10-13(8-9-21-14)18-11-15(12(2)3)19-16(20)22-17(4,5)6/h12-15,18H,7-11H2,1-6H3,(H,19,20). The number of rotatable bonds is 6. The molecule has 2 N–H and O–H groups in total. The maximum atomic E-state index is 11.9. The molecule has 1 aliphatic heterocycles. The largest absolute Gasteiger partial charge is 0.444 e. The third-order valence-electron chi connectivity index (χ3n) is 3.96. The Bertz CT molecular complexity index is 339. The lowest BCUT2D eigenvalue weighted by Crippen LogP contribution is -2.50. The van der Waals surface area contributed by atoms with Gasteiger partial charge >= 0.3 is 6.09 Å². The predicted octanol–water partition coefficient (Wildman–Crippen LogP) is 3.08. The van der Waals surface area contributed by atoms with E-state index in [0.717, 1.165) is 32.4 Å². The lowest BCUT2D eigenvalue weighted by molar-refractivity contribution is -0.000771. The SMILES string of the molecule is CCC1CC(NCC(NC(=O)OC(C)(C)C)C(C)C)CCO1. The van der Waals surface area contributed by atoms with Gasteiger partial charge < -0.3 is 20.1 Å². The van der Waals surface area contributed by atoms with Gasteiger partial charge in [0.25, 0.3) is 0 Å². The molecule has 1 rings (SSSR count). The zero-order valence-corrected chi connectivity index (χ0v) is 15.1. The maximum Gasteiger partial charge on any atom is 0.407 e. The highest BCUT2D eigenvalue weighted by Gasteiger charge is 2.24. The van der Waals surface area contributed by atoms with Gasteiger partial charge in [-0.1, -0.05) is 20.8 Å². The van der Waals surface area contributed by atoms with Crippen LogP contribution in [0.25, 0.3) is 0 Å². The Kier molecular flexibility index (Phi) is 7.63. The van der Waals surface area contributed by atoms with Crippen molar-refractivity contribution in [1.82, 2.24) is 10.6 Å². The minimum absolute atomic E-state index is 0.0674. The summed E-state index contributed by atoms with van der Waals surface area (Å²) in [6.45, 7) is 13.6. The Labute approximate surface area is 135 Å². The van der Waals surface area contributed by atoms with Gasteiger partial charge in [0.05, 0.1) is 6.10 Å². The van der Waals surface area contributed by atoms with Crippen LogP contribution in [0.4, 0.5) is 4.79 Å². The third kappa shape index (κ3) is 7.45. The summed E-state index contributed by atoms with van der Waals surface area (Å²) in [5.41, 5.74) is -0.464. The molecule has 0 aliphatic carbocycles. The molecule has 5 heteroatoms. The summed E-state index contributed by atoms with van der Waals surface area (Å²) in [4.78, 5) is 11.9. The first-order valence-corrected chi connectivity index (χ1v) is 8.55. The van der Waals surface area contributed by atoms with E-state index in [0.29, 0.717) is 18.1 Å². The van der Waals surface area contributed by atoms with Gasteiger partial charge in [0.15, 0.2) is 0 Å². The average Bonchev–Trinajstić information content (AvgIpc) is 2.41. The Balaban J connectivity index is 2.42. The number of carbonyl (C=O) groups is 1. The molecule has 130 valence electrons. The molecule has 0 bridgehead atoms. The van der Waals surface area contributed by atoms with Crippen LogP contribution >= 0.6 is 0 Å². The summed E-state index contributed by atoms with van der Waals surface area (Å²) in [5, 5.41) is 6.57. The summed E-state index contributed by atoms with van der Waals surface area (Å²) < 4.78 is 11.0. The molecule has 0 saturated carbocycles. The van der Waals surface area contributed by atoms with Crippen LogP contribution in [0.3, 0.4) is 0 Å². The van der Waals surface area contributed by atoms with E-state index in [-0.39, 0.29) is 12.1 Å². The van der Waals surface area contributed by atoms with Crippen molar-refractivity contribution in [3.63, 3.8) is 0 Å². The molecule has 3 atom stereocenters. The van der Waals surface area contributed by atoms with Crippen molar-refractivity contribution in [2.75, 3.05) is 13.2 Å². The summed E-state index contributed by atoms with van der Waals surface area (Å²) in [6.07, 6.45) is 3.16. The number of carbonyl (C=O) groups excluding carboxylic acids is 1. The Morgan fingerprint density at radius 3 is 2.59 bits per heavy atom. The van der Waals surface area contributed by atoms with Gasteiger partial charge in [-0.15, -0.1) is 0 Å². The van der Waals surface area contributed by atoms with Crippen LogP contribution in [0.15, 0.2) is 0 Å². The second-order valence-corrected chi connectivity index (χ2v) is 7.53. The van der Waals surface area contributed by atoms with Crippen molar-refractivity contribution in [1.29, 1.82) is 0 Å². The second kappa shape index (κ2) is 8.73. The van der Waals surface area contributed by atoms with E-state index < -0.39 is 5.60 Å². The molecule has 1 heterocycles. The minimum atomic E-state index is -0.464. The highest BCUT2D eigenvalue weighted by atomic mass is 16.6. The van der Waals surface area contributed by atoms with Gasteiger partial charge in [-0.3, -0.25) is 0 Å². The van der Waals surface area contributed by atoms with Gasteiger partial charge in [-0.2, -0.15) is 0 Å². The van der Waals surface area contributed by atoms with Gasteiger partial charge in [0.1, 0.15) is 5.60 Å². The normalized spacial score (nSPS) is 24.1. The molecule has 3 unspecified atom stereocenters. The van der Waals surface area contributed by atoms with Gasteiger partial charge in [0, 0.05) is 25.2 Å². The van der Waals surface area contributed by atoms with Crippen molar-refractivity contribution in [3.05, 3.63) is 0 Å². The molecular weight excluding hydrogens is 280 g/mol. The van der Waals surface area contributed by atoms with Crippen LogP contribution in [0.2, 0.25) is 0 Å². The van der Waals surface area contributed by atoms with Gasteiger partial charge in [-0.25, -0.2) is 4.79 Å². The zero-order chi connectivity index (χ0) is 16.8. The number of nitrogens with one attached hydrogen (secondary N) is 2. The number of amides is 1. The fraction of sp³-hybridized carbons (Fsp3) is 0.941. The van der Waals surface area contributed by atoms with Crippen LogP contribution in [0.1, 0.15) is 60.8 Å². The monoisotopic (exact) mass is 314 g/mol. The summed E-state index contributed by atoms with van der Waals surface area (Å²) in [5.74, 6) is 0.349. The molecule has 0 aromatic carbocycles. The fourth-order valence-corrected chi connectivity index (χ4v) is 2.56. The predicted molar refractivity (Wildman–Crippen MR) is 89.1 cm³/mol. The number of hydrogen-bond acceptors (Lipinski definition) is 4. The molecule has 5 nitrogen and oxygen atoms in total. The Morgan fingerprint density at radius 1 is 1.36 bits per heavy atom. The van der Waals surface area contributed by atoms with Crippen molar-refractivity contribution in [2.24, 2.45) is 5.92 Å². The molecule has 1 fully saturated rings. The third-order valence-corrected chi connectivity index (χ3v) is 3.96. The van der Waals surface area contributed by atoms with Crippen LogP contribution in [-0.2, 0) is 9.47 Å². The summed E-state index contributed by atoms with van der Waals surface area (Å²) in [6, 6.07) is 0.540. The number of hydrogen-bond donors (Lipinski definition) is 2. The van der Waals surface area contributed by atoms with Crippen molar-refractivity contribution < 1.29 is 14.3 Å². The molecule has 0 aromatic rings. The highest BCUT2D eigenvalue weighted by Crippen LogP contribution is 2.16. The fourth-order valence-electron chi connectivity index (χ4n) is 2.56. The molecule has 1 amide bonds. The van der Waals surface area contributed by atoms with E-state index in [9.17, 15) is 4.79 Å². The number of ether oxygens (including phenoxy) is 2. The van der Waals surface area contributed by atoms with E-state index in [1.807, 2.05) is 20.8 Å². The average molecular weight is 314 g/mol. The maximum absolute atomic E-state index is 11.9. The number of alkyl carbamates (subject to hydrolysis) is 1. The highest BCUT2D eigenvalue weighted by molar-refractivity contribution is 5.68. The molecular formula is C17H34N2O3. The quantitative estimate of drug-likeness (QED) is 0.791. The zero-order valence-electron chi connectivity index (χ0n) is 15.1. The van der Waals surface area contributed by atoms with Crippen LogP contribution in [0, 0.1) is 5.92 Å². The molecule has 0 spiro atoms. The summed E-state index contributed by atoms with van der Waals surface area (Å²) >= 11 is 0. The molecule has 1 aliphatic rings. The molecule has 22 heavy (non-hydrogen) atoms. The van der Waals surface area contributed by atoms with Gasteiger partial charge in [0.2, 0.25) is 0 Å². The first-order valence-electron chi connectivity index (χ1n) is 8.55. The van der Waals surface area contributed by atoms with Crippen LogP contribution in [0.5, 0.6) is 0 Å². The van der Waals surface area contributed by atoms with Crippen molar-refractivity contribution in [3.8, 4) is 0 Å². The minimum Gasteiger partial charge on any atom is -0.444 e.